The number of halogens is 1. The zero-order valence-corrected chi connectivity index (χ0v) is 11.3. The molecule has 1 saturated carbocycles. The van der Waals surface area contributed by atoms with Gasteiger partial charge in [0.2, 0.25) is 0 Å². The molecule has 106 valence electrons. The maximum Gasteiger partial charge on any atom is 0.123 e. The first-order valence-electron chi connectivity index (χ1n) is 7.07. The molecule has 4 heteroatoms. The second kappa shape index (κ2) is 6.98. The summed E-state index contributed by atoms with van der Waals surface area (Å²) < 4.78 is 13.4. The standard InChI is InChI=1S/C15H23FN2O/c16-14-6-5-12(10-17)13(9-14)11-18(7-2-8-19)15-3-1-4-15/h5-6,9,15,19H,1-4,7-8,10-11,17H2. The molecule has 0 bridgehead atoms. The van der Waals surface area contributed by atoms with E-state index in [0.717, 1.165) is 30.6 Å². The van der Waals surface area contributed by atoms with E-state index in [0.29, 0.717) is 12.6 Å². The maximum atomic E-state index is 13.4. The Morgan fingerprint density at radius 3 is 2.68 bits per heavy atom. The van der Waals surface area contributed by atoms with Gasteiger partial charge in [0.1, 0.15) is 5.82 Å². The van der Waals surface area contributed by atoms with E-state index in [-0.39, 0.29) is 12.4 Å². The van der Waals surface area contributed by atoms with E-state index in [4.69, 9.17) is 10.8 Å². The number of nitrogens with zero attached hydrogens (tertiary/aromatic N) is 1. The summed E-state index contributed by atoms with van der Waals surface area (Å²) in [5, 5.41) is 8.99. The molecule has 0 aliphatic heterocycles. The van der Waals surface area contributed by atoms with Crippen LogP contribution in [0.4, 0.5) is 4.39 Å². The Morgan fingerprint density at radius 2 is 2.11 bits per heavy atom. The highest BCUT2D eigenvalue weighted by Gasteiger charge is 2.25. The van der Waals surface area contributed by atoms with E-state index < -0.39 is 0 Å². The van der Waals surface area contributed by atoms with Gasteiger partial charge in [0.25, 0.3) is 0 Å². The quantitative estimate of drug-likeness (QED) is 0.794. The van der Waals surface area contributed by atoms with E-state index >= 15 is 0 Å². The Bertz CT molecular complexity index is 407. The molecule has 1 aliphatic rings. The van der Waals surface area contributed by atoms with Gasteiger partial charge in [0.15, 0.2) is 0 Å². The summed E-state index contributed by atoms with van der Waals surface area (Å²) >= 11 is 0. The predicted molar refractivity (Wildman–Crippen MR) is 74.0 cm³/mol. The number of benzene rings is 1. The van der Waals surface area contributed by atoms with Crippen LogP contribution in [0.15, 0.2) is 18.2 Å². The molecular formula is C15H23FN2O. The van der Waals surface area contributed by atoms with Crippen molar-refractivity contribution >= 4 is 0 Å². The summed E-state index contributed by atoms with van der Waals surface area (Å²) in [5.74, 6) is -0.206. The van der Waals surface area contributed by atoms with Crippen molar-refractivity contribution in [2.75, 3.05) is 13.2 Å². The number of aliphatic hydroxyl groups is 1. The lowest BCUT2D eigenvalue weighted by Crippen LogP contribution is -2.40. The summed E-state index contributed by atoms with van der Waals surface area (Å²) in [6.45, 7) is 2.24. The zero-order valence-electron chi connectivity index (χ0n) is 11.3. The molecule has 3 nitrogen and oxygen atoms in total. The number of aliphatic hydroxyl groups excluding tert-OH is 1. The predicted octanol–water partition coefficient (Wildman–Crippen LogP) is 2.02. The van der Waals surface area contributed by atoms with Crippen LogP contribution in [0.25, 0.3) is 0 Å². The number of nitrogens with two attached hydrogens (primary N) is 1. The minimum Gasteiger partial charge on any atom is -0.396 e. The fourth-order valence-corrected chi connectivity index (χ4v) is 2.58. The van der Waals surface area contributed by atoms with Crippen molar-refractivity contribution in [1.29, 1.82) is 0 Å². The third kappa shape index (κ3) is 3.75. The Labute approximate surface area is 114 Å². The average molecular weight is 266 g/mol. The third-order valence-corrected chi connectivity index (χ3v) is 3.96. The van der Waals surface area contributed by atoms with Gasteiger partial charge in [-0.2, -0.15) is 0 Å². The van der Waals surface area contributed by atoms with Crippen LogP contribution in [0, 0.1) is 5.82 Å². The van der Waals surface area contributed by atoms with Crippen molar-refractivity contribution < 1.29 is 9.50 Å². The van der Waals surface area contributed by atoms with Gasteiger partial charge >= 0.3 is 0 Å². The van der Waals surface area contributed by atoms with Gasteiger partial charge in [-0.1, -0.05) is 12.5 Å². The number of hydrogen-bond acceptors (Lipinski definition) is 3. The Morgan fingerprint density at radius 1 is 1.32 bits per heavy atom. The molecule has 1 aromatic carbocycles. The molecule has 1 aromatic rings. The topological polar surface area (TPSA) is 49.5 Å². The van der Waals surface area contributed by atoms with Crippen molar-refractivity contribution in [3.8, 4) is 0 Å². The first kappa shape index (κ1) is 14.4. The number of hydrogen-bond donors (Lipinski definition) is 2. The van der Waals surface area contributed by atoms with E-state index in [9.17, 15) is 4.39 Å². The minimum absolute atomic E-state index is 0.204. The third-order valence-electron chi connectivity index (χ3n) is 3.96. The zero-order chi connectivity index (χ0) is 13.7. The van der Waals surface area contributed by atoms with E-state index in [1.807, 2.05) is 0 Å². The molecule has 0 amide bonds. The van der Waals surface area contributed by atoms with E-state index in [1.165, 1.54) is 25.3 Å². The molecule has 0 heterocycles. The van der Waals surface area contributed by atoms with Crippen LogP contribution in [0.3, 0.4) is 0 Å². The molecule has 0 radical (unpaired) electrons. The lowest BCUT2D eigenvalue weighted by atomic mass is 9.90. The maximum absolute atomic E-state index is 13.4. The lowest BCUT2D eigenvalue weighted by molar-refractivity contribution is 0.109. The molecule has 0 aromatic heterocycles. The molecule has 0 atom stereocenters. The van der Waals surface area contributed by atoms with Crippen LogP contribution >= 0.6 is 0 Å². The summed E-state index contributed by atoms with van der Waals surface area (Å²) in [6.07, 6.45) is 4.45. The fourth-order valence-electron chi connectivity index (χ4n) is 2.58. The van der Waals surface area contributed by atoms with Crippen LogP contribution in [-0.2, 0) is 13.1 Å². The molecule has 19 heavy (non-hydrogen) atoms. The Hall–Kier alpha value is -0.970. The first-order chi connectivity index (χ1) is 9.24. The molecular weight excluding hydrogens is 243 g/mol. The van der Waals surface area contributed by atoms with Gasteiger partial charge in [0.05, 0.1) is 0 Å². The molecule has 2 rings (SSSR count). The molecule has 0 saturated heterocycles. The molecule has 3 N–H and O–H groups in total. The smallest absolute Gasteiger partial charge is 0.123 e. The van der Waals surface area contributed by atoms with E-state index in [1.54, 1.807) is 12.1 Å². The second-order valence-electron chi connectivity index (χ2n) is 5.25. The van der Waals surface area contributed by atoms with Gasteiger partial charge in [0, 0.05) is 32.3 Å². The second-order valence-corrected chi connectivity index (χ2v) is 5.25. The first-order valence-corrected chi connectivity index (χ1v) is 7.07. The molecule has 0 unspecified atom stereocenters. The summed E-state index contributed by atoms with van der Waals surface area (Å²) in [4.78, 5) is 2.35. The van der Waals surface area contributed by atoms with Crippen LogP contribution in [0.5, 0.6) is 0 Å². The summed E-state index contributed by atoms with van der Waals surface area (Å²) in [6, 6.07) is 5.41. The van der Waals surface area contributed by atoms with Gasteiger partial charge in [-0.05, 0) is 42.5 Å². The van der Waals surface area contributed by atoms with Crippen LogP contribution in [0.1, 0.15) is 36.8 Å². The fraction of sp³-hybridized carbons (Fsp3) is 0.600. The van der Waals surface area contributed by atoms with Gasteiger partial charge < -0.3 is 10.8 Å². The van der Waals surface area contributed by atoms with Gasteiger partial charge in [-0.25, -0.2) is 4.39 Å². The Kier molecular flexibility index (Phi) is 5.31. The lowest BCUT2D eigenvalue weighted by Gasteiger charge is -2.38. The average Bonchev–Trinajstić information content (AvgIpc) is 2.34. The normalized spacial score (nSPS) is 15.8. The minimum atomic E-state index is -0.206. The SMILES string of the molecule is NCc1ccc(F)cc1CN(CCCO)C1CCC1. The highest BCUT2D eigenvalue weighted by atomic mass is 19.1. The van der Waals surface area contributed by atoms with Gasteiger partial charge in [-0.3, -0.25) is 4.90 Å². The highest BCUT2D eigenvalue weighted by molar-refractivity contribution is 5.27. The van der Waals surface area contributed by atoms with Crippen molar-refractivity contribution in [3.63, 3.8) is 0 Å². The van der Waals surface area contributed by atoms with Crippen LogP contribution in [-0.4, -0.2) is 29.2 Å². The van der Waals surface area contributed by atoms with Gasteiger partial charge in [-0.15, -0.1) is 0 Å². The summed E-state index contributed by atoms with van der Waals surface area (Å²) in [7, 11) is 0. The highest BCUT2D eigenvalue weighted by Crippen LogP contribution is 2.27. The summed E-state index contributed by atoms with van der Waals surface area (Å²) in [5.41, 5.74) is 7.71. The largest absolute Gasteiger partial charge is 0.396 e. The molecule has 1 aliphatic carbocycles. The Balaban J connectivity index is 2.08. The van der Waals surface area contributed by atoms with Crippen LogP contribution < -0.4 is 5.73 Å². The molecule has 1 fully saturated rings. The van der Waals surface area contributed by atoms with E-state index in [2.05, 4.69) is 4.90 Å². The number of rotatable bonds is 7. The van der Waals surface area contributed by atoms with Crippen molar-refractivity contribution in [3.05, 3.63) is 35.1 Å². The van der Waals surface area contributed by atoms with Crippen LogP contribution in [0.2, 0.25) is 0 Å². The van der Waals surface area contributed by atoms with Crippen molar-refractivity contribution in [2.24, 2.45) is 5.73 Å². The monoisotopic (exact) mass is 266 g/mol. The van der Waals surface area contributed by atoms with Crippen molar-refractivity contribution in [2.45, 2.75) is 44.8 Å². The van der Waals surface area contributed by atoms with Crippen molar-refractivity contribution in [1.82, 2.24) is 4.90 Å². The molecule has 0 spiro atoms.